The Balaban J connectivity index is 1.88. The van der Waals surface area contributed by atoms with E-state index in [1.54, 1.807) is 49.6 Å². The van der Waals surface area contributed by atoms with E-state index < -0.39 is 23.4 Å². The van der Waals surface area contributed by atoms with Crippen LogP contribution < -0.4 is 10.9 Å². The van der Waals surface area contributed by atoms with Crippen molar-refractivity contribution in [1.82, 2.24) is 25.4 Å². The van der Waals surface area contributed by atoms with Gasteiger partial charge in [-0.1, -0.05) is 22.9 Å². The summed E-state index contributed by atoms with van der Waals surface area (Å²) in [6, 6.07) is 7.86. The summed E-state index contributed by atoms with van der Waals surface area (Å²) in [5, 5.41) is 4.44. The predicted octanol–water partition coefficient (Wildman–Crippen LogP) is 4.03. The molecule has 30 heavy (non-hydrogen) atoms. The number of ether oxygens (including phenoxy) is 1. The van der Waals surface area contributed by atoms with Gasteiger partial charge in [-0.25, -0.2) is 24.1 Å². The van der Waals surface area contributed by atoms with Gasteiger partial charge in [0.1, 0.15) is 17.1 Å². The quantitative estimate of drug-likeness (QED) is 0.554. The number of carbonyl (C=O) groups is 2. The van der Waals surface area contributed by atoms with Crippen molar-refractivity contribution in [3.05, 3.63) is 52.0 Å². The maximum Gasteiger partial charge on any atom is 0.426 e. The minimum atomic E-state index is -0.787. The van der Waals surface area contributed by atoms with Crippen LogP contribution in [0.3, 0.4) is 0 Å². The zero-order valence-corrected chi connectivity index (χ0v) is 18.5. The molecular weight excluding hydrogens is 457 g/mol. The van der Waals surface area contributed by atoms with E-state index in [2.05, 4.69) is 36.9 Å². The molecule has 2 amide bonds. The molecule has 0 spiro atoms. The third-order valence-electron chi connectivity index (χ3n) is 3.98. The number of benzene rings is 1. The van der Waals surface area contributed by atoms with Crippen LogP contribution in [0.4, 0.5) is 9.18 Å². The summed E-state index contributed by atoms with van der Waals surface area (Å²) in [6.07, 6.45) is -0.229. The molecule has 8 nitrogen and oxygen atoms in total. The Kier molecular flexibility index (Phi) is 6.06. The highest BCUT2D eigenvalue weighted by molar-refractivity contribution is 9.10. The Hall–Kier alpha value is -3.01. The van der Waals surface area contributed by atoms with Gasteiger partial charge in [0.05, 0.1) is 5.69 Å². The number of rotatable bonds is 3. The molecule has 3 rings (SSSR count). The Morgan fingerprint density at radius 3 is 2.57 bits per heavy atom. The van der Waals surface area contributed by atoms with Crippen LogP contribution in [0.15, 0.2) is 34.8 Å². The lowest BCUT2D eigenvalue weighted by molar-refractivity contribution is 0.0483. The molecule has 2 N–H and O–H groups in total. The van der Waals surface area contributed by atoms with Crippen LogP contribution in [0.1, 0.15) is 43.9 Å². The van der Waals surface area contributed by atoms with E-state index in [1.807, 2.05) is 6.92 Å². The summed E-state index contributed by atoms with van der Waals surface area (Å²) in [5.41, 5.74) is 5.65. The summed E-state index contributed by atoms with van der Waals surface area (Å²) in [6.45, 7) is 7.03. The molecule has 0 aliphatic carbocycles. The molecule has 0 unspecified atom stereocenters. The Morgan fingerprint density at radius 1 is 1.20 bits per heavy atom. The lowest BCUT2D eigenvalue weighted by Gasteiger charge is -2.19. The first-order valence-corrected chi connectivity index (χ1v) is 10.0. The van der Waals surface area contributed by atoms with Crippen molar-refractivity contribution in [2.75, 3.05) is 0 Å². The zero-order chi connectivity index (χ0) is 22.1. The van der Waals surface area contributed by atoms with Crippen molar-refractivity contribution in [3.8, 4) is 11.3 Å². The molecule has 0 saturated heterocycles. The first-order chi connectivity index (χ1) is 14.1. The summed E-state index contributed by atoms with van der Waals surface area (Å²) in [4.78, 5) is 28.5. The van der Waals surface area contributed by atoms with Crippen molar-refractivity contribution in [3.63, 3.8) is 0 Å². The maximum absolute atomic E-state index is 14.3. The highest BCUT2D eigenvalue weighted by atomic mass is 79.9. The smallest absolute Gasteiger partial charge is 0.426 e. The van der Waals surface area contributed by atoms with Crippen LogP contribution in [-0.2, 0) is 11.2 Å². The first-order valence-electron chi connectivity index (χ1n) is 9.22. The molecule has 0 bridgehead atoms. The second-order valence-electron chi connectivity index (χ2n) is 7.49. The fourth-order valence-corrected chi connectivity index (χ4v) is 3.04. The molecule has 158 valence electrons. The molecule has 0 fully saturated rings. The van der Waals surface area contributed by atoms with Crippen LogP contribution in [-0.4, -0.2) is 32.2 Å². The lowest BCUT2D eigenvalue weighted by atomic mass is 10.1. The average Bonchev–Trinajstić information content (AvgIpc) is 3.07. The highest BCUT2D eigenvalue weighted by Crippen LogP contribution is 2.26. The molecule has 2 aromatic heterocycles. The molecule has 10 heteroatoms. The number of aromatic nitrogens is 3. The molecule has 0 saturated carbocycles. The largest absolute Gasteiger partial charge is 0.443 e. The summed E-state index contributed by atoms with van der Waals surface area (Å²) >= 11 is 3.23. The number of nitrogens with one attached hydrogen (secondary N) is 2. The number of hydrogen-bond donors (Lipinski definition) is 2. The van der Waals surface area contributed by atoms with Gasteiger partial charge in [0.15, 0.2) is 5.65 Å². The van der Waals surface area contributed by atoms with Crippen molar-refractivity contribution in [1.29, 1.82) is 0 Å². The molecule has 0 radical (unpaired) electrons. The Labute approximate surface area is 180 Å². The van der Waals surface area contributed by atoms with Gasteiger partial charge in [-0.05, 0) is 51.5 Å². The van der Waals surface area contributed by atoms with Crippen LogP contribution >= 0.6 is 15.9 Å². The molecule has 0 aliphatic rings. The SMILES string of the molecule is CCc1cc(C(=O)NNC(=O)OC(C)(C)C)nc2cc(-c3ccc(Br)cc3F)nn12. The van der Waals surface area contributed by atoms with Crippen LogP contribution in [0.25, 0.3) is 16.9 Å². The number of hydrogen-bond acceptors (Lipinski definition) is 5. The van der Waals surface area contributed by atoms with Gasteiger partial charge >= 0.3 is 6.09 Å². The number of hydrazine groups is 1. The molecule has 2 heterocycles. The second kappa shape index (κ2) is 8.39. The Bertz CT molecular complexity index is 1120. The summed E-state index contributed by atoms with van der Waals surface area (Å²) < 4.78 is 21.6. The van der Waals surface area contributed by atoms with Gasteiger partial charge in [-0.3, -0.25) is 10.2 Å². The van der Waals surface area contributed by atoms with Crippen LogP contribution in [0.2, 0.25) is 0 Å². The number of halogens is 2. The number of nitrogens with zero attached hydrogens (tertiary/aromatic N) is 3. The zero-order valence-electron chi connectivity index (χ0n) is 16.9. The first kappa shape index (κ1) is 21.7. The molecule has 1 aromatic carbocycles. The highest BCUT2D eigenvalue weighted by Gasteiger charge is 2.19. The summed E-state index contributed by atoms with van der Waals surface area (Å²) in [5.74, 6) is -1.04. The van der Waals surface area contributed by atoms with E-state index in [-0.39, 0.29) is 5.69 Å². The number of carbonyl (C=O) groups excluding carboxylic acids is 2. The third-order valence-corrected chi connectivity index (χ3v) is 4.47. The number of aryl methyl sites for hydroxylation is 1. The van der Waals surface area contributed by atoms with Crippen molar-refractivity contribution < 1.29 is 18.7 Å². The predicted molar refractivity (Wildman–Crippen MR) is 112 cm³/mol. The van der Waals surface area contributed by atoms with Gasteiger partial charge in [0.25, 0.3) is 5.91 Å². The second-order valence-corrected chi connectivity index (χ2v) is 8.41. The van der Waals surface area contributed by atoms with E-state index in [1.165, 1.54) is 6.07 Å². The minimum absolute atomic E-state index is 0.0816. The molecule has 0 atom stereocenters. The standard InChI is InChI=1S/C20H21BrFN5O3/c1-5-12-9-16(18(28)24-25-19(29)30-20(2,3)4)23-17-10-15(26-27(12)17)13-7-6-11(21)8-14(13)22/h6-10H,5H2,1-4H3,(H,24,28)(H,25,29). The van der Waals surface area contributed by atoms with Crippen molar-refractivity contribution in [2.24, 2.45) is 0 Å². The van der Waals surface area contributed by atoms with E-state index in [9.17, 15) is 14.0 Å². The van der Waals surface area contributed by atoms with Crippen molar-refractivity contribution in [2.45, 2.75) is 39.7 Å². The molecule has 3 aromatic rings. The van der Waals surface area contributed by atoms with E-state index in [0.717, 1.165) is 0 Å². The van der Waals surface area contributed by atoms with Crippen LogP contribution in [0.5, 0.6) is 0 Å². The van der Waals surface area contributed by atoms with E-state index in [0.29, 0.717) is 33.5 Å². The van der Waals surface area contributed by atoms with Gasteiger partial charge < -0.3 is 4.74 Å². The van der Waals surface area contributed by atoms with E-state index in [4.69, 9.17) is 4.74 Å². The topological polar surface area (TPSA) is 97.6 Å². The third kappa shape index (κ3) is 4.93. The van der Waals surface area contributed by atoms with Crippen molar-refractivity contribution >= 4 is 33.6 Å². The van der Waals surface area contributed by atoms with E-state index >= 15 is 0 Å². The van der Waals surface area contributed by atoms with Gasteiger partial charge in [-0.2, -0.15) is 5.10 Å². The molecule has 0 aliphatic heterocycles. The minimum Gasteiger partial charge on any atom is -0.443 e. The molecular formula is C20H21BrFN5O3. The number of fused-ring (bicyclic) bond motifs is 1. The maximum atomic E-state index is 14.3. The van der Waals surface area contributed by atoms with Gasteiger partial charge in [0, 0.05) is 21.8 Å². The lowest BCUT2D eigenvalue weighted by Crippen LogP contribution is -2.44. The van der Waals surface area contributed by atoms with Gasteiger partial charge in [-0.15, -0.1) is 0 Å². The fraction of sp³-hybridized carbons (Fsp3) is 0.300. The monoisotopic (exact) mass is 477 g/mol. The normalized spacial score (nSPS) is 11.4. The van der Waals surface area contributed by atoms with Crippen LogP contribution in [0, 0.1) is 5.82 Å². The average molecular weight is 478 g/mol. The number of amides is 2. The summed E-state index contributed by atoms with van der Waals surface area (Å²) in [7, 11) is 0. The fourth-order valence-electron chi connectivity index (χ4n) is 2.71. The Morgan fingerprint density at radius 2 is 1.93 bits per heavy atom. The van der Waals surface area contributed by atoms with Gasteiger partial charge in [0.2, 0.25) is 0 Å².